The van der Waals surface area contributed by atoms with Crippen molar-refractivity contribution in [2.75, 3.05) is 40.5 Å². The zero-order valence-electron chi connectivity index (χ0n) is 18.4. The molecule has 5 nitrogen and oxygen atoms in total. The molecule has 0 bridgehead atoms. The van der Waals surface area contributed by atoms with E-state index >= 15 is 0 Å². The summed E-state index contributed by atoms with van der Waals surface area (Å²) in [5, 5.41) is 0.307. The van der Waals surface area contributed by atoms with Crippen LogP contribution in [0.2, 0.25) is 0 Å². The summed E-state index contributed by atoms with van der Waals surface area (Å²) in [7, 11) is 3.52. The highest BCUT2D eigenvalue weighted by Gasteiger charge is 2.25. The maximum absolute atomic E-state index is 12.6. The Morgan fingerprint density at radius 3 is 2.22 bits per heavy atom. The van der Waals surface area contributed by atoms with Crippen LogP contribution in [0.1, 0.15) is 60.8 Å². The summed E-state index contributed by atoms with van der Waals surface area (Å²) in [6.07, 6.45) is 2.44. The van der Waals surface area contributed by atoms with Gasteiger partial charge in [0.25, 0.3) is 0 Å². The van der Waals surface area contributed by atoms with Crippen LogP contribution in [0.4, 0.5) is 0 Å². The summed E-state index contributed by atoms with van der Waals surface area (Å²) in [6.45, 7) is 14.3. The first kappa shape index (κ1) is 25.8. The molecule has 27 heavy (non-hydrogen) atoms. The standard InChI is InChI=1S/C21H38ClNO4/c1-9-16(3)19(27-15-11-14-25-8)17(22)18(20(24)26-10-2)23(7)13-12-21(4,5)6/h9-15H2,1-8H3/b18-17+,19-16?. The highest BCUT2D eigenvalue weighted by molar-refractivity contribution is 6.33. The Balaban J connectivity index is 5.79. The molecule has 0 saturated heterocycles. The van der Waals surface area contributed by atoms with Crippen molar-refractivity contribution in [1.82, 2.24) is 4.90 Å². The van der Waals surface area contributed by atoms with Crippen LogP contribution in [-0.2, 0) is 19.0 Å². The summed E-state index contributed by atoms with van der Waals surface area (Å²) in [5.41, 5.74) is 1.48. The van der Waals surface area contributed by atoms with Crippen LogP contribution in [0.15, 0.2) is 22.1 Å². The van der Waals surface area contributed by atoms with Gasteiger partial charge in [-0.1, -0.05) is 39.3 Å². The van der Waals surface area contributed by atoms with Crippen molar-refractivity contribution in [1.29, 1.82) is 0 Å². The second-order valence-electron chi connectivity index (χ2n) is 7.77. The number of halogens is 1. The Morgan fingerprint density at radius 1 is 1.11 bits per heavy atom. The molecule has 0 aliphatic rings. The van der Waals surface area contributed by atoms with Gasteiger partial charge in [0.2, 0.25) is 0 Å². The first-order valence-electron chi connectivity index (χ1n) is 9.68. The second-order valence-corrected chi connectivity index (χ2v) is 8.15. The van der Waals surface area contributed by atoms with Crippen molar-refractivity contribution < 1.29 is 19.0 Å². The lowest BCUT2D eigenvalue weighted by Gasteiger charge is -2.27. The number of esters is 1. The number of rotatable bonds is 12. The highest BCUT2D eigenvalue weighted by Crippen LogP contribution is 2.29. The van der Waals surface area contributed by atoms with Gasteiger partial charge in [-0.3, -0.25) is 0 Å². The molecule has 0 aromatic heterocycles. The number of ether oxygens (including phenoxy) is 3. The molecule has 0 atom stereocenters. The quantitative estimate of drug-likeness (QED) is 0.149. The number of hydrogen-bond donors (Lipinski definition) is 0. The number of methoxy groups -OCH3 is 1. The van der Waals surface area contributed by atoms with Crippen molar-refractivity contribution in [2.45, 2.75) is 60.8 Å². The molecule has 0 aliphatic heterocycles. The molecule has 0 rings (SSSR count). The third kappa shape index (κ3) is 10.1. The lowest BCUT2D eigenvalue weighted by molar-refractivity contribution is -0.140. The molecule has 0 spiro atoms. The fourth-order valence-corrected chi connectivity index (χ4v) is 2.68. The second kappa shape index (κ2) is 13.1. The van der Waals surface area contributed by atoms with Gasteiger partial charge >= 0.3 is 5.97 Å². The van der Waals surface area contributed by atoms with E-state index in [-0.39, 0.29) is 5.41 Å². The Morgan fingerprint density at radius 2 is 1.74 bits per heavy atom. The smallest absolute Gasteiger partial charge is 0.356 e. The maximum atomic E-state index is 12.6. The van der Waals surface area contributed by atoms with Gasteiger partial charge in [0.1, 0.15) is 16.5 Å². The Labute approximate surface area is 170 Å². The maximum Gasteiger partial charge on any atom is 0.356 e. The highest BCUT2D eigenvalue weighted by atomic mass is 35.5. The Hall–Kier alpha value is -1.20. The van der Waals surface area contributed by atoms with Crippen molar-refractivity contribution in [3.63, 3.8) is 0 Å². The summed E-state index contributed by atoms with van der Waals surface area (Å²) in [5.74, 6) is 0.127. The minimum absolute atomic E-state index is 0.148. The molecule has 6 heteroatoms. The van der Waals surface area contributed by atoms with E-state index in [0.717, 1.165) is 24.8 Å². The average molecular weight is 404 g/mol. The zero-order valence-corrected chi connectivity index (χ0v) is 19.2. The van der Waals surface area contributed by atoms with Gasteiger partial charge in [-0.25, -0.2) is 4.79 Å². The topological polar surface area (TPSA) is 48.0 Å². The minimum atomic E-state index is -0.430. The van der Waals surface area contributed by atoms with Gasteiger partial charge in [-0.05, 0) is 37.7 Å². The number of carbonyl (C=O) groups is 1. The molecule has 0 heterocycles. The molecule has 0 unspecified atom stereocenters. The van der Waals surface area contributed by atoms with Gasteiger partial charge in [0, 0.05) is 33.7 Å². The molecular formula is C21H38ClNO4. The number of likely N-dealkylation sites (N-methyl/N-ethyl adjacent to an activating group) is 1. The minimum Gasteiger partial charge on any atom is -0.492 e. The lowest BCUT2D eigenvalue weighted by Crippen LogP contribution is -2.29. The van der Waals surface area contributed by atoms with E-state index in [1.165, 1.54) is 0 Å². The number of nitrogens with zero attached hydrogens (tertiary/aromatic N) is 1. The largest absolute Gasteiger partial charge is 0.492 e. The molecule has 158 valence electrons. The monoisotopic (exact) mass is 403 g/mol. The summed E-state index contributed by atoms with van der Waals surface area (Å²) in [6, 6.07) is 0. The first-order chi connectivity index (χ1) is 12.6. The van der Waals surface area contributed by atoms with Crippen LogP contribution in [0.5, 0.6) is 0 Å². The number of hydrogen-bond acceptors (Lipinski definition) is 5. The third-order valence-corrected chi connectivity index (χ3v) is 4.46. The SMILES string of the molecule is CCOC(=O)/C(=C(\Cl)C(OCCCOC)=C(C)CC)N(C)CCC(C)(C)C. The van der Waals surface area contributed by atoms with Gasteiger partial charge in [0.05, 0.1) is 13.2 Å². The van der Waals surface area contributed by atoms with E-state index in [1.807, 2.05) is 25.8 Å². The first-order valence-corrected chi connectivity index (χ1v) is 10.1. The fourth-order valence-electron chi connectivity index (χ4n) is 2.25. The molecule has 0 fully saturated rings. The van der Waals surface area contributed by atoms with E-state index in [1.54, 1.807) is 14.0 Å². The van der Waals surface area contributed by atoms with Crippen LogP contribution >= 0.6 is 11.6 Å². The number of carbonyl (C=O) groups excluding carboxylic acids is 1. The van der Waals surface area contributed by atoms with E-state index < -0.39 is 5.97 Å². The van der Waals surface area contributed by atoms with E-state index in [9.17, 15) is 4.79 Å². The predicted octanol–water partition coefficient (Wildman–Crippen LogP) is 5.11. The van der Waals surface area contributed by atoms with Crippen LogP contribution in [0, 0.1) is 5.41 Å². The average Bonchev–Trinajstić information content (AvgIpc) is 2.59. The Bertz CT molecular complexity index is 521. The van der Waals surface area contributed by atoms with Gasteiger partial charge in [0.15, 0.2) is 0 Å². The lowest BCUT2D eigenvalue weighted by atomic mass is 9.92. The molecule has 0 aromatic rings. The molecular weight excluding hydrogens is 366 g/mol. The van der Waals surface area contributed by atoms with Crippen LogP contribution < -0.4 is 0 Å². The summed E-state index contributed by atoms with van der Waals surface area (Å²) >= 11 is 6.70. The van der Waals surface area contributed by atoms with E-state index in [2.05, 4.69) is 20.8 Å². The van der Waals surface area contributed by atoms with Crippen LogP contribution in [0.3, 0.4) is 0 Å². The third-order valence-electron chi connectivity index (χ3n) is 4.11. The van der Waals surface area contributed by atoms with Crippen molar-refractivity contribution in [2.24, 2.45) is 5.41 Å². The molecule has 0 aromatic carbocycles. The van der Waals surface area contributed by atoms with Gasteiger partial charge in [-0.2, -0.15) is 0 Å². The zero-order chi connectivity index (χ0) is 21.0. The molecule has 0 radical (unpaired) electrons. The van der Waals surface area contributed by atoms with Crippen molar-refractivity contribution in [3.8, 4) is 0 Å². The van der Waals surface area contributed by atoms with Crippen molar-refractivity contribution in [3.05, 3.63) is 22.1 Å². The fraction of sp³-hybridized carbons (Fsp3) is 0.762. The molecule has 0 saturated carbocycles. The van der Waals surface area contributed by atoms with Gasteiger partial charge < -0.3 is 19.1 Å². The molecule has 0 amide bonds. The van der Waals surface area contributed by atoms with E-state index in [4.69, 9.17) is 25.8 Å². The number of allylic oxidation sites excluding steroid dienone is 2. The van der Waals surface area contributed by atoms with Gasteiger partial charge in [-0.15, -0.1) is 0 Å². The summed E-state index contributed by atoms with van der Waals surface area (Å²) < 4.78 is 16.3. The van der Waals surface area contributed by atoms with Crippen LogP contribution in [0.25, 0.3) is 0 Å². The van der Waals surface area contributed by atoms with Crippen molar-refractivity contribution >= 4 is 17.6 Å². The molecule has 0 aliphatic carbocycles. The summed E-state index contributed by atoms with van der Waals surface area (Å²) in [4.78, 5) is 14.5. The Kier molecular flexibility index (Phi) is 12.5. The van der Waals surface area contributed by atoms with E-state index in [0.29, 0.717) is 42.9 Å². The normalized spacial score (nSPS) is 13.7. The molecule has 0 N–H and O–H groups in total. The predicted molar refractivity (Wildman–Crippen MR) is 112 cm³/mol. The van der Waals surface area contributed by atoms with Crippen LogP contribution in [-0.4, -0.2) is 51.4 Å².